The summed E-state index contributed by atoms with van der Waals surface area (Å²) in [6.45, 7) is 0. The maximum absolute atomic E-state index is 12.5. The quantitative estimate of drug-likeness (QED) is 0.486. The zero-order valence-electron chi connectivity index (χ0n) is 13.4. The second kappa shape index (κ2) is 7.59. The summed E-state index contributed by atoms with van der Waals surface area (Å²) in [6.07, 6.45) is 8.12. The molecule has 1 aromatic carbocycles. The largest absolute Gasteiger partial charge is 0.497 e. The summed E-state index contributed by atoms with van der Waals surface area (Å²) in [5.74, 6) is 0.949. The van der Waals surface area contributed by atoms with Gasteiger partial charge in [-0.3, -0.25) is 4.79 Å². The van der Waals surface area contributed by atoms with Gasteiger partial charge in [0.25, 0.3) is 0 Å². The lowest BCUT2D eigenvalue weighted by molar-refractivity contribution is -0.112. The Labute approximate surface area is 131 Å². The molecule has 0 radical (unpaired) electrons. The van der Waals surface area contributed by atoms with Crippen molar-refractivity contribution in [2.45, 2.75) is 19.3 Å². The number of allylic oxidation sites excluding steroid dienone is 3. The van der Waals surface area contributed by atoms with Gasteiger partial charge in [-0.05, 0) is 49.1 Å². The Balaban J connectivity index is 2.16. The Morgan fingerprint density at radius 1 is 1.14 bits per heavy atom. The molecular formula is C18H22N2O2. The number of nitrogens with zero attached hydrogens (tertiary/aromatic N) is 2. The molecule has 0 saturated heterocycles. The summed E-state index contributed by atoms with van der Waals surface area (Å²) in [7, 11) is 5.35. The number of hydrogen-bond acceptors (Lipinski definition) is 4. The molecule has 0 heterocycles. The fourth-order valence-electron chi connectivity index (χ4n) is 2.36. The topological polar surface area (TPSA) is 41.9 Å². The molecule has 22 heavy (non-hydrogen) atoms. The van der Waals surface area contributed by atoms with Gasteiger partial charge in [0.2, 0.25) is 0 Å². The highest BCUT2D eigenvalue weighted by atomic mass is 16.5. The zero-order chi connectivity index (χ0) is 15.9. The Kier molecular flexibility index (Phi) is 5.53. The van der Waals surface area contributed by atoms with E-state index in [9.17, 15) is 4.79 Å². The van der Waals surface area contributed by atoms with Crippen LogP contribution >= 0.6 is 0 Å². The van der Waals surface area contributed by atoms with Crippen LogP contribution in [0.1, 0.15) is 24.8 Å². The number of hydrogen-bond donors (Lipinski definition) is 0. The average Bonchev–Trinajstić information content (AvgIpc) is 2.51. The third kappa shape index (κ3) is 4.32. The summed E-state index contributed by atoms with van der Waals surface area (Å²) in [4.78, 5) is 12.5. The minimum atomic E-state index is 0.132. The van der Waals surface area contributed by atoms with Gasteiger partial charge in [-0.2, -0.15) is 5.10 Å². The van der Waals surface area contributed by atoms with Crippen molar-refractivity contribution in [1.29, 1.82) is 0 Å². The van der Waals surface area contributed by atoms with Crippen LogP contribution in [-0.4, -0.2) is 38.2 Å². The van der Waals surface area contributed by atoms with Crippen LogP contribution in [0.4, 0.5) is 0 Å². The normalized spacial score (nSPS) is 19.1. The third-order valence-corrected chi connectivity index (χ3v) is 3.51. The van der Waals surface area contributed by atoms with Crippen molar-refractivity contribution in [3.8, 4) is 5.75 Å². The number of carbonyl (C=O) groups is 1. The summed E-state index contributed by atoms with van der Waals surface area (Å²) in [6, 6.07) is 7.73. The van der Waals surface area contributed by atoms with Crippen LogP contribution in [0.5, 0.6) is 5.75 Å². The van der Waals surface area contributed by atoms with Crippen molar-refractivity contribution in [3.05, 3.63) is 47.1 Å². The monoisotopic (exact) mass is 298 g/mol. The first-order valence-corrected chi connectivity index (χ1v) is 7.40. The molecule has 4 heteroatoms. The Morgan fingerprint density at radius 2 is 1.82 bits per heavy atom. The first-order chi connectivity index (χ1) is 10.6. The number of ketones is 1. The van der Waals surface area contributed by atoms with Gasteiger partial charge < -0.3 is 9.75 Å². The van der Waals surface area contributed by atoms with Crippen LogP contribution in [0, 0.1) is 0 Å². The maximum atomic E-state index is 12.5. The van der Waals surface area contributed by atoms with E-state index in [-0.39, 0.29) is 5.78 Å². The molecule has 116 valence electrons. The molecule has 0 spiro atoms. The van der Waals surface area contributed by atoms with E-state index in [0.717, 1.165) is 41.7 Å². The van der Waals surface area contributed by atoms with Gasteiger partial charge in [-0.25, -0.2) is 0 Å². The Bertz CT molecular complexity index is 610. The van der Waals surface area contributed by atoms with Crippen LogP contribution in [0.2, 0.25) is 0 Å². The predicted molar refractivity (Wildman–Crippen MR) is 90.1 cm³/mol. The molecule has 1 fully saturated rings. The standard InChI is InChI=1S/C18H22N2O2/c1-20(2)19-12-11-15-5-4-6-16(18(15)21)13-14-7-9-17(22-3)10-8-14/h7-13H,4-6H2,1-3H3/b15-11+,16-13+,19-12+. The predicted octanol–water partition coefficient (Wildman–Crippen LogP) is 3.31. The molecular weight excluding hydrogens is 276 g/mol. The van der Waals surface area contributed by atoms with Gasteiger partial charge in [0.15, 0.2) is 5.78 Å². The number of carbonyl (C=O) groups excluding carboxylic acids is 1. The highest BCUT2D eigenvalue weighted by Gasteiger charge is 2.19. The SMILES string of the molecule is COc1ccc(/C=C2\CCC/C(=C\C=N\N(C)C)C2=O)cc1. The maximum Gasteiger partial charge on any atom is 0.185 e. The Morgan fingerprint density at radius 3 is 2.45 bits per heavy atom. The van der Waals surface area contributed by atoms with Gasteiger partial charge in [0.1, 0.15) is 5.75 Å². The van der Waals surface area contributed by atoms with Crippen LogP contribution in [0.15, 0.2) is 46.6 Å². The van der Waals surface area contributed by atoms with E-state index in [1.54, 1.807) is 18.3 Å². The number of rotatable bonds is 4. The fraction of sp³-hybridized carbons (Fsp3) is 0.333. The minimum absolute atomic E-state index is 0.132. The van der Waals surface area contributed by atoms with Crippen LogP contribution in [-0.2, 0) is 4.79 Å². The lowest BCUT2D eigenvalue weighted by Gasteiger charge is -2.16. The van der Waals surface area contributed by atoms with Crippen molar-refractivity contribution in [2.75, 3.05) is 21.2 Å². The summed E-state index contributed by atoms with van der Waals surface area (Å²) >= 11 is 0. The van der Waals surface area contributed by atoms with Gasteiger partial charge in [0.05, 0.1) is 7.11 Å². The molecule has 1 aliphatic carbocycles. The number of Topliss-reactive ketones (excluding diaryl/α,β-unsaturated/α-hetero) is 1. The average molecular weight is 298 g/mol. The van der Waals surface area contributed by atoms with E-state index in [2.05, 4.69) is 5.10 Å². The van der Waals surface area contributed by atoms with Gasteiger partial charge in [0, 0.05) is 31.5 Å². The number of methoxy groups -OCH3 is 1. The van der Waals surface area contributed by atoms with E-state index in [1.165, 1.54) is 0 Å². The van der Waals surface area contributed by atoms with Crippen molar-refractivity contribution in [2.24, 2.45) is 5.10 Å². The molecule has 0 aliphatic heterocycles. The summed E-state index contributed by atoms with van der Waals surface area (Å²) in [5, 5.41) is 5.83. The number of benzene rings is 1. The third-order valence-electron chi connectivity index (χ3n) is 3.51. The van der Waals surface area contributed by atoms with Crippen molar-refractivity contribution in [1.82, 2.24) is 5.01 Å². The second-order valence-electron chi connectivity index (χ2n) is 5.43. The Hall–Kier alpha value is -2.36. The van der Waals surface area contributed by atoms with Crippen molar-refractivity contribution < 1.29 is 9.53 Å². The molecule has 0 N–H and O–H groups in total. The molecule has 0 unspecified atom stereocenters. The van der Waals surface area contributed by atoms with Gasteiger partial charge in [-0.1, -0.05) is 12.1 Å². The first-order valence-electron chi connectivity index (χ1n) is 7.40. The molecule has 0 atom stereocenters. The lowest BCUT2D eigenvalue weighted by atomic mass is 9.87. The van der Waals surface area contributed by atoms with E-state index >= 15 is 0 Å². The van der Waals surface area contributed by atoms with E-state index < -0.39 is 0 Å². The highest BCUT2D eigenvalue weighted by Crippen LogP contribution is 2.26. The van der Waals surface area contributed by atoms with E-state index in [0.29, 0.717) is 0 Å². The number of hydrazone groups is 1. The summed E-state index contributed by atoms with van der Waals surface area (Å²) in [5.41, 5.74) is 2.71. The van der Waals surface area contributed by atoms with E-state index in [4.69, 9.17) is 4.74 Å². The fourth-order valence-corrected chi connectivity index (χ4v) is 2.36. The second-order valence-corrected chi connectivity index (χ2v) is 5.43. The summed E-state index contributed by atoms with van der Waals surface area (Å²) < 4.78 is 5.15. The van der Waals surface area contributed by atoms with Crippen molar-refractivity contribution >= 4 is 18.1 Å². The molecule has 4 nitrogen and oxygen atoms in total. The smallest absolute Gasteiger partial charge is 0.185 e. The van der Waals surface area contributed by atoms with Crippen LogP contribution in [0.3, 0.4) is 0 Å². The zero-order valence-corrected chi connectivity index (χ0v) is 13.4. The molecule has 1 aliphatic rings. The lowest BCUT2D eigenvalue weighted by Crippen LogP contribution is -2.12. The molecule has 0 bridgehead atoms. The van der Waals surface area contributed by atoms with Crippen LogP contribution < -0.4 is 4.74 Å². The highest BCUT2D eigenvalue weighted by molar-refractivity contribution is 6.13. The van der Waals surface area contributed by atoms with Gasteiger partial charge in [-0.15, -0.1) is 0 Å². The number of ether oxygens (including phenoxy) is 1. The first kappa shape index (κ1) is 16.0. The molecule has 2 rings (SSSR count). The van der Waals surface area contributed by atoms with Crippen LogP contribution in [0.25, 0.3) is 6.08 Å². The molecule has 0 aromatic heterocycles. The molecule has 0 amide bonds. The molecule has 1 aromatic rings. The van der Waals surface area contributed by atoms with Gasteiger partial charge >= 0.3 is 0 Å². The van der Waals surface area contributed by atoms with E-state index in [1.807, 2.05) is 50.5 Å². The molecule has 1 saturated carbocycles. The van der Waals surface area contributed by atoms with Crippen molar-refractivity contribution in [3.63, 3.8) is 0 Å². The minimum Gasteiger partial charge on any atom is -0.497 e.